The van der Waals surface area contributed by atoms with Crippen molar-refractivity contribution in [1.82, 2.24) is 5.32 Å². The van der Waals surface area contributed by atoms with Crippen molar-refractivity contribution in [3.63, 3.8) is 0 Å². The maximum Gasteiger partial charge on any atom is 0.319 e. The Hall–Kier alpha value is -1.51. The van der Waals surface area contributed by atoms with Crippen LogP contribution in [0.1, 0.15) is 66.7 Å². The molecule has 3 nitrogen and oxygen atoms in total. The fourth-order valence-corrected chi connectivity index (χ4v) is 2.93. The van der Waals surface area contributed by atoms with Crippen LogP contribution >= 0.6 is 0 Å². The normalized spacial score (nSPS) is 16.1. The molecule has 0 saturated heterocycles. The summed E-state index contributed by atoms with van der Waals surface area (Å²) in [6, 6.07) is 8.21. The maximum absolute atomic E-state index is 11.9. The standard InChI is InChI=1S/C18H28N2O.2H2/c1-3-7-15(4-2)16-10-6-11-17(12-16)20-18(21)19-13-14-8-5-9-14;;/h6,10-12,14-15H,3-5,7-9,13H2,1-2H3,(H2,19,20,21);2*1H. The molecule has 1 aliphatic carbocycles. The average Bonchev–Trinajstić information content (AvgIpc) is 2.43. The molecule has 0 aliphatic heterocycles. The van der Waals surface area contributed by atoms with Crippen LogP contribution < -0.4 is 10.6 Å². The Labute approximate surface area is 131 Å². The zero-order valence-corrected chi connectivity index (χ0v) is 13.3. The van der Waals surface area contributed by atoms with Gasteiger partial charge in [-0.15, -0.1) is 0 Å². The van der Waals surface area contributed by atoms with Gasteiger partial charge in [-0.25, -0.2) is 4.79 Å². The number of anilines is 1. The summed E-state index contributed by atoms with van der Waals surface area (Å²) in [7, 11) is 0. The molecule has 0 aromatic heterocycles. The molecule has 1 unspecified atom stereocenters. The quantitative estimate of drug-likeness (QED) is 0.694. The van der Waals surface area contributed by atoms with E-state index in [9.17, 15) is 4.79 Å². The Bertz CT molecular complexity index is 464. The molecule has 1 atom stereocenters. The van der Waals surface area contributed by atoms with Crippen molar-refractivity contribution in [2.45, 2.75) is 58.3 Å². The number of amides is 2. The highest BCUT2D eigenvalue weighted by molar-refractivity contribution is 5.89. The first-order valence-electron chi connectivity index (χ1n) is 8.37. The minimum absolute atomic E-state index is 0. The molecule has 0 radical (unpaired) electrons. The van der Waals surface area contributed by atoms with Gasteiger partial charge < -0.3 is 10.6 Å². The van der Waals surface area contributed by atoms with Gasteiger partial charge in [0.2, 0.25) is 0 Å². The molecule has 1 saturated carbocycles. The van der Waals surface area contributed by atoms with Crippen LogP contribution in [0.25, 0.3) is 0 Å². The second kappa shape index (κ2) is 8.06. The van der Waals surface area contributed by atoms with E-state index < -0.39 is 0 Å². The third-order valence-corrected chi connectivity index (χ3v) is 4.52. The van der Waals surface area contributed by atoms with Crippen molar-refractivity contribution < 1.29 is 7.65 Å². The molecule has 1 fully saturated rings. The summed E-state index contributed by atoms with van der Waals surface area (Å²) in [5.74, 6) is 1.28. The van der Waals surface area contributed by atoms with E-state index in [1.54, 1.807) is 0 Å². The van der Waals surface area contributed by atoms with Gasteiger partial charge in [0.25, 0.3) is 0 Å². The van der Waals surface area contributed by atoms with E-state index in [0.717, 1.165) is 18.7 Å². The van der Waals surface area contributed by atoms with Gasteiger partial charge in [-0.05, 0) is 55.2 Å². The third-order valence-electron chi connectivity index (χ3n) is 4.52. The highest BCUT2D eigenvalue weighted by Crippen LogP contribution is 2.27. The number of carbonyl (C=O) groups is 1. The van der Waals surface area contributed by atoms with Crippen LogP contribution in [0.3, 0.4) is 0 Å². The smallest absolute Gasteiger partial charge is 0.319 e. The molecular formula is C18H32N2O. The number of hydrogen-bond donors (Lipinski definition) is 2. The molecule has 2 amide bonds. The largest absolute Gasteiger partial charge is 0.338 e. The van der Waals surface area contributed by atoms with Gasteiger partial charge in [-0.3, -0.25) is 0 Å². The second-order valence-electron chi connectivity index (χ2n) is 6.15. The van der Waals surface area contributed by atoms with Crippen LogP contribution in [0.2, 0.25) is 0 Å². The molecule has 1 aliphatic rings. The summed E-state index contributed by atoms with van der Waals surface area (Å²) < 4.78 is 0. The highest BCUT2D eigenvalue weighted by Gasteiger charge is 2.17. The number of hydrogen-bond acceptors (Lipinski definition) is 1. The number of rotatable bonds is 7. The highest BCUT2D eigenvalue weighted by atomic mass is 16.2. The number of benzene rings is 1. The summed E-state index contributed by atoms with van der Waals surface area (Å²) in [4.78, 5) is 11.9. The minimum atomic E-state index is -0.0809. The van der Waals surface area contributed by atoms with Crippen molar-refractivity contribution in [3.05, 3.63) is 29.8 Å². The molecule has 2 N–H and O–H groups in total. The first-order chi connectivity index (χ1) is 10.2. The Morgan fingerprint density at radius 1 is 1.38 bits per heavy atom. The molecule has 0 bridgehead atoms. The second-order valence-corrected chi connectivity index (χ2v) is 6.15. The van der Waals surface area contributed by atoms with E-state index >= 15 is 0 Å². The molecule has 3 heteroatoms. The Kier molecular flexibility index (Phi) is 6.09. The molecule has 1 aromatic rings. The van der Waals surface area contributed by atoms with Crippen molar-refractivity contribution >= 4 is 11.7 Å². The predicted molar refractivity (Wildman–Crippen MR) is 93.0 cm³/mol. The third kappa shape index (κ3) is 4.76. The van der Waals surface area contributed by atoms with E-state index in [-0.39, 0.29) is 8.88 Å². The summed E-state index contributed by atoms with van der Waals surface area (Å²) >= 11 is 0. The first-order valence-corrected chi connectivity index (χ1v) is 8.37. The number of urea groups is 1. The topological polar surface area (TPSA) is 41.1 Å². The predicted octanol–water partition coefficient (Wildman–Crippen LogP) is 5.39. The molecule has 0 heterocycles. The van der Waals surface area contributed by atoms with Gasteiger partial charge in [-0.1, -0.05) is 38.8 Å². The molecule has 21 heavy (non-hydrogen) atoms. The maximum atomic E-state index is 11.9. The SMILES string of the molecule is CCCC(CC)c1cccc(NC(=O)NCC2CCC2)c1.[HH].[HH]. The van der Waals surface area contributed by atoms with Gasteiger partial charge in [0.05, 0.1) is 0 Å². The molecule has 2 rings (SSSR count). The van der Waals surface area contributed by atoms with Crippen LogP contribution in [0, 0.1) is 5.92 Å². The lowest BCUT2D eigenvalue weighted by molar-refractivity contribution is 0.243. The van der Waals surface area contributed by atoms with Crippen LogP contribution in [-0.4, -0.2) is 12.6 Å². The fraction of sp³-hybridized carbons (Fsp3) is 0.611. The Morgan fingerprint density at radius 3 is 2.81 bits per heavy atom. The fourth-order valence-electron chi connectivity index (χ4n) is 2.93. The van der Waals surface area contributed by atoms with Crippen molar-refractivity contribution in [2.24, 2.45) is 5.92 Å². The Balaban J connectivity index is 0.00000242. The first kappa shape index (κ1) is 15.9. The summed E-state index contributed by atoms with van der Waals surface area (Å²) in [5.41, 5.74) is 2.23. The van der Waals surface area contributed by atoms with Gasteiger partial charge >= 0.3 is 6.03 Å². The molecular weight excluding hydrogens is 260 g/mol. The summed E-state index contributed by atoms with van der Waals surface area (Å²) in [5, 5.41) is 5.93. The van der Waals surface area contributed by atoms with E-state index in [2.05, 4.69) is 36.6 Å². The minimum Gasteiger partial charge on any atom is -0.338 e. The van der Waals surface area contributed by atoms with E-state index in [4.69, 9.17) is 0 Å². The molecule has 0 spiro atoms. The van der Waals surface area contributed by atoms with Crippen molar-refractivity contribution in [3.8, 4) is 0 Å². The van der Waals surface area contributed by atoms with E-state index in [1.807, 2.05) is 12.1 Å². The monoisotopic (exact) mass is 292 g/mol. The van der Waals surface area contributed by atoms with E-state index in [0.29, 0.717) is 11.8 Å². The van der Waals surface area contributed by atoms with Crippen LogP contribution in [0.15, 0.2) is 24.3 Å². The zero-order valence-electron chi connectivity index (χ0n) is 13.3. The number of nitrogens with one attached hydrogen (secondary N) is 2. The average molecular weight is 292 g/mol. The van der Waals surface area contributed by atoms with Gasteiger partial charge in [0, 0.05) is 15.1 Å². The summed E-state index contributed by atoms with van der Waals surface area (Å²) in [6.07, 6.45) is 7.36. The van der Waals surface area contributed by atoms with Crippen molar-refractivity contribution in [1.29, 1.82) is 0 Å². The van der Waals surface area contributed by atoms with Gasteiger partial charge in [0.15, 0.2) is 0 Å². The van der Waals surface area contributed by atoms with E-state index in [1.165, 1.54) is 37.7 Å². The number of carbonyl (C=O) groups excluding carboxylic acids is 1. The molecule has 1 aromatic carbocycles. The lowest BCUT2D eigenvalue weighted by atomic mass is 9.85. The van der Waals surface area contributed by atoms with Crippen LogP contribution in [0.5, 0.6) is 0 Å². The van der Waals surface area contributed by atoms with Crippen molar-refractivity contribution in [2.75, 3.05) is 11.9 Å². The van der Waals surface area contributed by atoms with Crippen LogP contribution in [-0.2, 0) is 0 Å². The zero-order chi connectivity index (χ0) is 15.1. The molecule has 120 valence electrons. The van der Waals surface area contributed by atoms with Gasteiger partial charge in [-0.2, -0.15) is 0 Å². The lowest BCUT2D eigenvalue weighted by Gasteiger charge is -2.25. The Morgan fingerprint density at radius 2 is 2.19 bits per heavy atom. The summed E-state index contributed by atoms with van der Waals surface area (Å²) in [6.45, 7) is 5.25. The van der Waals surface area contributed by atoms with Crippen LogP contribution in [0.4, 0.5) is 10.5 Å². The van der Waals surface area contributed by atoms with Gasteiger partial charge in [0.1, 0.15) is 0 Å². The lowest BCUT2D eigenvalue weighted by Crippen LogP contribution is -2.35.